The number of hydrogen-bond donors (Lipinski definition) is 0. The molecule has 28 heavy (non-hydrogen) atoms. The quantitative estimate of drug-likeness (QED) is 0.690. The highest BCUT2D eigenvalue weighted by Crippen LogP contribution is 2.24. The Bertz CT molecular complexity index is 729. The summed E-state index contributed by atoms with van der Waals surface area (Å²) in [6.45, 7) is 1.74. The van der Waals surface area contributed by atoms with Gasteiger partial charge in [-0.1, -0.05) is 37.5 Å². The van der Waals surface area contributed by atoms with Gasteiger partial charge in [0.25, 0.3) is 0 Å². The molecule has 0 aliphatic heterocycles. The Kier molecular flexibility index (Phi) is 7.54. The number of rotatable bonds is 8. The van der Waals surface area contributed by atoms with Crippen LogP contribution < -0.4 is 0 Å². The van der Waals surface area contributed by atoms with Crippen LogP contribution in [0.25, 0.3) is 0 Å². The van der Waals surface area contributed by atoms with Crippen LogP contribution in [0.1, 0.15) is 43.4 Å². The number of carbonyl (C=O) groups excluding carboxylic acids is 1. The van der Waals surface area contributed by atoms with Gasteiger partial charge in [-0.3, -0.25) is 14.7 Å². The molecule has 1 saturated carbocycles. The normalized spacial score (nSPS) is 15.0. The molecule has 0 atom stereocenters. The van der Waals surface area contributed by atoms with Crippen LogP contribution in [0.3, 0.4) is 0 Å². The lowest BCUT2D eigenvalue weighted by atomic mass is 9.93. The van der Waals surface area contributed by atoms with Crippen LogP contribution in [0.2, 0.25) is 0 Å². The van der Waals surface area contributed by atoms with Crippen molar-refractivity contribution in [1.82, 2.24) is 14.8 Å². The molecule has 1 aliphatic carbocycles. The number of hydrogen-bond acceptors (Lipinski definition) is 3. The molecule has 0 unspecified atom stereocenters. The first-order valence-electron chi connectivity index (χ1n) is 10.2. The van der Waals surface area contributed by atoms with Gasteiger partial charge in [0.2, 0.25) is 5.91 Å². The SMILES string of the molecule is CN(CCc1ccccn1)CC(=O)N(Cc1ccc(F)cc1)C1CCCCC1. The van der Waals surface area contributed by atoms with Crippen molar-refractivity contribution in [3.63, 3.8) is 0 Å². The van der Waals surface area contributed by atoms with E-state index in [-0.39, 0.29) is 17.8 Å². The number of aromatic nitrogens is 1. The maximum Gasteiger partial charge on any atom is 0.237 e. The summed E-state index contributed by atoms with van der Waals surface area (Å²) >= 11 is 0. The van der Waals surface area contributed by atoms with Crippen LogP contribution >= 0.6 is 0 Å². The molecule has 1 heterocycles. The molecular formula is C23H30FN3O. The van der Waals surface area contributed by atoms with Gasteiger partial charge in [-0.15, -0.1) is 0 Å². The fourth-order valence-electron chi connectivity index (χ4n) is 3.85. The summed E-state index contributed by atoms with van der Waals surface area (Å²) in [4.78, 5) is 21.6. The average molecular weight is 384 g/mol. The minimum Gasteiger partial charge on any atom is -0.334 e. The molecule has 4 nitrogen and oxygen atoms in total. The summed E-state index contributed by atoms with van der Waals surface area (Å²) in [5.74, 6) is -0.0895. The van der Waals surface area contributed by atoms with Gasteiger partial charge >= 0.3 is 0 Å². The second-order valence-electron chi connectivity index (χ2n) is 7.75. The van der Waals surface area contributed by atoms with E-state index in [2.05, 4.69) is 9.88 Å². The van der Waals surface area contributed by atoms with Gasteiger partial charge in [0, 0.05) is 37.4 Å². The van der Waals surface area contributed by atoms with Gasteiger partial charge in [0.05, 0.1) is 6.54 Å². The van der Waals surface area contributed by atoms with Gasteiger partial charge in [0.1, 0.15) is 5.82 Å². The smallest absolute Gasteiger partial charge is 0.237 e. The van der Waals surface area contributed by atoms with Gasteiger partial charge < -0.3 is 4.90 Å². The molecule has 1 amide bonds. The minimum absolute atomic E-state index is 0.153. The first-order chi connectivity index (χ1) is 13.6. The Morgan fingerprint density at radius 1 is 1.11 bits per heavy atom. The van der Waals surface area contributed by atoms with E-state index in [1.54, 1.807) is 18.3 Å². The van der Waals surface area contributed by atoms with E-state index in [1.165, 1.54) is 31.4 Å². The van der Waals surface area contributed by atoms with Crippen molar-refractivity contribution in [3.8, 4) is 0 Å². The predicted octanol–water partition coefficient (Wildman–Crippen LogP) is 4.06. The number of pyridine rings is 1. The molecule has 1 aromatic heterocycles. The fraction of sp³-hybridized carbons (Fsp3) is 0.478. The molecule has 1 aromatic carbocycles. The second kappa shape index (κ2) is 10.3. The van der Waals surface area contributed by atoms with Crippen molar-refractivity contribution in [2.45, 2.75) is 51.1 Å². The van der Waals surface area contributed by atoms with Gasteiger partial charge in [0.15, 0.2) is 0 Å². The maximum atomic E-state index is 13.2. The van der Waals surface area contributed by atoms with E-state index in [9.17, 15) is 9.18 Å². The average Bonchev–Trinajstić information content (AvgIpc) is 2.73. The summed E-state index contributed by atoms with van der Waals surface area (Å²) in [7, 11) is 1.98. The lowest BCUT2D eigenvalue weighted by molar-refractivity contribution is -0.135. The first-order valence-corrected chi connectivity index (χ1v) is 10.2. The molecule has 2 aromatic rings. The number of nitrogens with zero attached hydrogens (tertiary/aromatic N) is 3. The highest BCUT2D eigenvalue weighted by molar-refractivity contribution is 5.78. The summed E-state index contributed by atoms with van der Waals surface area (Å²) in [5, 5.41) is 0. The Hall–Kier alpha value is -2.27. The second-order valence-corrected chi connectivity index (χ2v) is 7.75. The lowest BCUT2D eigenvalue weighted by Gasteiger charge is -2.35. The van der Waals surface area contributed by atoms with Crippen LogP contribution in [0.5, 0.6) is 0 Å². The third-order valence-corrected chi connectivity index (χ3v) is 5.48. The van der Waals surface area contributed by atoms with Crippen LogP contribution in [0, 0.1) is 5.82 Å². The molecule has 1 aliphatic rings. The zero-order valence-electron chi connectivity index (χ0n) is 16.7. The summed E-state index contributed by atoms with van der Waals surface area (Å²) in [6.07, 6.45) is 8.34. The van der Waals surface area contributed by atoms with Crippen molar-refractivity contribution in [3.05, 3.63) is 65.7 Å². The molecule has 0 bridgehead atoms. The molecule has 0 radical (unpaired) electrons. The monoisotopic (exact) mass is 383 g/mol. The topological polar surface area (TPSA) is 36.4 Å². The molecule has 0 N–H and O–H groups in total. The molecule has 3 rings (SSSR count). The predicted molar refractivity (Wildman–Crippen MR) is 109 cm³/mol. The van der Waals surface area contributed by atoms with Crippen molar-refractivity contribution in [2.24, 2.45) is 0 Å². The van der Waals surface area contributed by atoms with Crippen LogP contribution in [-0.4, -0.2) is 46.9 Å². The molecule has 1 fully saturated rings. The van der Waals surface area contributed by atoms with Gasteiger partial charge in [-0.25, -0.2) is 4.39 Å². The van der Waals surface area contributed by atoms with Crippen molar-refractivity contribution < 1.29 is 9.18 Å². The van der Waals surface area contributed by atoms with Crippen LogP contribution in [-0.2, 0) is 17.8 Å². The summed E-state index contributed by atoms with van der Waals surface area (Å²) in [5.41, 5.74) is 2.02. The molecule has 150 valence electrons. The van der Waals surface area contributed by atoms with E-state index < -0.39 is 0 Å². The summed E-state index contributed by atoms with van der Waals surface area (Å²) in [6, 6.07) is 12.7. The fourth-order valence-corrected chi connectivity index (χ4v) is 3.85. The third kappa shape index (κ3) is 6.13. The van der Waals surface area contributed by atoms with Crippen LogP contribution in [0.4, 0.5) is 4.39 Å². The third-order valence-electron chi connectivity index (χ3n) is 5.48. The standard InChI is InChI=1S/C23H30FN3O/c1-26(16-14-21-7-5-6-15-25-21)18-23(28)27(22-8-3-2-4-9-22)17-19-10-12-20(24)13-11-19/h5-7,10-13,15,22H,2-4,8-9,14,16-18H2,1H3. The molecular weight excluding hydrogens is 353 g/mol. The number of halogens is 1. The lowest BCUT2D eigenvalue weighted by Crippen LogP contribution is -2.45. The molecule has 0 saturated heterocycles. The zero-order chi connectivity index (χ0) is 19.8. The van der Waals surface area contributed by atoms with Crippen molar-refractivity contribution >= 4 is 5.91 Å². The van der Waals surface area contributed by atoms with Crippen molar-refractivity contribution in [1.29, 1.82) is 0 Å². The number of likely N-dealkylation sites (N-methyl/N-ethyl adjacent to an activating group) is 1. The minimum atomic E-state index is -0.242. The van der Waals surface area contributed by atoms with Crippen molar-refractivity contribution in [2.75, 3.05) is 20.1 Å². The van der Waals surface area contributed by atoms with E-state index in [1.807, 2.05) is 30.1 Å². The van der Waals surface area contributed by atoms with Gasteiger partial charge in [-0.05, 0) is 49.7 Å². The number of benzene rings is 1. The Morgan fingerprint density at radius 3 is 2.54 bits per heavy atom. The van der Waals surface area contributed by atoms with E-state index in [4.69, 9.17) is 0 Å². The maximum absolute atomic E-state index is 13.2. The largest absolute Gasteiger partial charge is 0.334 e. The number of carbonyl (C=O) groups is 1. The Labute approximate surface area is 167 Å². The molecule has 5 heteroatoms. The van der Waals surface area contributed by atoms with E-state index in [0.29, 0.717) is 13.1 Å². The zero-order valence-corrected chi connectivity index (χ0v) is 16.7. The number of amides is 1. The van der Waals surface area contributed by atoms with Crippen LogP contribution in [0.15, 0.2) is 48.7 Å². The van der Waals surface area contributed by atoms with Gasteiger partial charge in [-0.2, -0.15) is 0 Å². The first kappa shape index (κ1) is 20.5. The highest BCUT2D eigenvalue weighted by atomic mass is 19.1. The highest BCUT2D eigenvalue weighted by Gasteiger charge is 2.26. The molecule has 0 spiro atoms. The van der Waals surface area contributed by atoms with E-state index in [0.717, 1.165) is 37.1 Å². The Balaban J connectivity index is 1.60. The summed E-state index contributed by atoms with van der Waals surface area (Å²) < 4.78 is 13.2. The Morgan fingerprint density at radius 2 is 1.86 bits per heavy atom. The van der Waals surface area contributed by atoms with E-state index >= 15 is 0 Å².